The van der Waals surface area contributed by atoms with Gasteiger partial charge >= 0.3 is 0 Å². The van der Waals surface area contributed by atoms with Crippen LogP contribution in [0.3, 0.4) is 0 Å². The average molecular weight is 212 g/mol. The Morgan fingerprint density at radius 1 is 1.27 bits per heavy atom. The van der Waals surface area contributed by atoms with Gasteiger partial charge in [-0.25, -0.2) is 0 Å². The van der Waals surface area contributed by atoms with Gasteiger partial charge in [0.05, 0.1) is 13.2 Å². The lowest BCUT2D eigenvalue weighted by molar-refractivity contribution is 0.0375. The van der Waals surface area contributed by atoms with E-state index in [0.717, 1.165) is 38.8 Å². The second-order valence-corrected chi connectivity index (χ2v) is 5.38. The van der Waals surface area contributed by atoms with Gasteiger partial charge in [-0.3, -0.25) is 4.90 Å². The predicted octanol–water partition coefficient (Wildman–Crippen LogP) is 1.10. The number of rotatable bonds is 5. The minimum Gasteiger partial charge on any atom is -0.379 e. The van der Waals surface area contributed by atoms with Gasteiger partial charge in [-0.2, -0.15) is 0 Å². The van der Waals surface area contributed by atoms with Crippen molar-refractivity contribution in [3.63, 3.8) is 0 Å². The smallest absolute Gasteiger partial charge is 0.0594 e. The molecule has 0 bridgehead atoms. The molecule has 1 aliphatic carbocycles. The molecule has 3 nitrogen and oxygen atoms in total. The molecule has 1 N–H and O–H groups in total. The average Bonchev–Trinajstić information content (AvgIpc) is 3.02. The molecule has 2 fully saturated rings. The molecule has 1 aliphatic heterocycles. The van der Waals surface area contributed by atoms with Crippen LogP contribution in [0.25, 0.3) is 0 Å². The van der Waals surface area contributed by atoms with Gasteiger partial charge in [-0.05, 0) is 32.6 Å². The van der Waals surface area contributed by atoms with Crippen molar-refractivity contribution in [1.29, 1.82) is 0 Å². The van der Waals surface area contributed by atoms with Crippen molar-refractivity contribution in [2.75, 3.05) is 39.4 Å². The highest BCUT2D eigenvalue weighted by atomic mass is 16.5. The number of nitrogens with one attached hydrogen (secondary N) is 1. The summed E-state index contributed by atoms with van der Waals surface area (Å²) in [5.74, 6) is 0.919. The SMILES string of the molecule is CC(C)(NCCN1CCOCC1)C1CC1. The molecule has 0 spiro atoms. The molecule has 0 atom stereocenters. The Morgan fingerprint density at radius 2 is 1.93 bits per heavy atom. The first-order valence-corrected chi connectivity index (χ1v) is 6.23. The highest BCUT2D eigenvalue weighted by Crippen LogP contribution is 2.38. The van der Waals surface area contributed by atoms with E-state index in [1.54, 1.807) is 0 Å². The molecule has 0 aromatic heterocycles. The Kier molecular flexibility index (Phi) is 3.65. The minimum atomic E-state index is 0.353. The van der Waals surface area contributed by atoms with Gasteiger partial charge < -0.3 is 10.1 Å². The van der Waals surface area contributed by atoms with Crippen LogP contribution in [-0.4, -0.2) is 49.8 Å². The molecule has 1 saturated heterocycles. The van der Waals surface area contributed by atoms with Crippen LogP contribution in [0.1, 0.15) is 26.7 Å². The van der Waals surface area contributed by atoms with E-state index in [9.17, 15) is 0 Å². The topological polar surface area (TPSA) is 24.5 Å². The van der Waals surface area contributed by atoms with E-state index in [0.29, 0.717) is 5.54 Å². The van der Waals surface area contributed by atoms with Gasteiger partial charge in [0.1, 0.15) is 0 Å². The molecule has 0 radical (unpaired) electrons. The summed E-state index contributed by atoms with van der Waals surface area (Å²) in [6, 6.07) is 0. The molecule has 88 valence electrons. The molecule has 15 heavy (non-hydrogen) atoms. The summed E-state index contributed by atoms with van der Waals surface area (Å²) in [7, 11) is 0. The summed E-state index contributed by atoms with van der Waals surface area (Å²) in [5, 5.41) is 3.69. The molecule has 2 rings (SSSR count). The van der Waals surface area contributed by atoms with Crippen LogP contribution in [0, 0.1) is 5.92 Å². The number of ether oxygens (including phenoxy) is 1. The van der Waals surface area contributed by atoms with Crippen LogP contribution < -0.4 is 5.32 Å². The normalized spacial score (nSPS) is 24.4. The third kappa shape index (κ3) is 3.44. The fourth-order valence-corrected chi connectivity index (χ4v) is 2.31. The molecule has 0 aromatic rings. The zero-order chi connectivity index (χ0) is 10.7. The first-order chi connectivity index (χ1) is 7.18. The standard InChI is InChI=1S/C12H24N2O/c1-12(2,11-3-4-11)13-5-6-14-7-9-15-10-8-14/h11,13H,3-10H2,1-2H3. The van der Waals surface area contributed by atoms with Gasteiger partial charge in [0.15, 0.2) is 0 Å². The minimum absolute atomic E-state index is 0.353. The Balaban J connectivity index is 1.60. The van der Waals surface area contributed by atoms with Gasteiger partial charge in [-0.15, -0.1) is 0 Å². The van der Waals surface area contributed by atoms with Crippen molar-refractivity contribution in [1.82, 2.24) is 10.2 Å². The number of nitrogens with zero attached hydrogens (tertiary/aromatic N) is 1. The summed E-state index contributed by atoms with van der Waals surface area (Å²) < 4.78 is 5.33. The largest absolute Gasteiger partial charge is 0.379 e. The highest BCUT2D eigenvalue weighted by molar-refractivity contribution is 4.94. The van der Waals surface area contributed by atoms with E-state index in [1.165, 1.54) is 19.4 Å². The Hall–Kier alpha value is -0.120. The maximum absolute atomic E-state index is 5.33. The molecule has 3 heteroatoms. The Bertz CT molecular complexity index is 196. The molecule has 0 amide bonds. The quantitative estimate of drug-likeness (QED) is 0.738. The zero-order valence-electron chi connectivity index (χ0n) is 10.1. The van der Waals surface area contributed by atoms with Crippen LogP contribution >= 0.6 is 0 Å². The second-order valence-electron chi connectivity index (χ2n) is 5.38. The third-order valence-corrected chi connectivity index (χ3v) is 3.71. The molecule has 0 aromatic carbocycles. The molecule has 0 unspecified atom stereocenters. The monoisotopic (exact) mass is 212 g/mol. The van der Waals surface area contributed by atoms with Crippen molar-refractivity contribution in [2.45, 2.75) is 32.2 Å². The van der Waals surface area contributed by atoms with E-state index < -0.39 is 0 Å². The summed E-state index contributed by atoms with van der Waals surface area (Å²) in [5.41, 5.74) is 0.353. The Morgan fingerprint density at radius 3 is 2.53 bits per heavy atom. The summed E-state index contributed by atoms with van der Waals surface area (Å²) >= 11 is 0. The first-order valence-electron chi connectivity index (χ1n) is 6.23. The molecule has 1 heterocycles. The van der Waals surface area contributed by atoms with Crippen LogP contribution in [0.15, 0.2) is 0 Å². The summed E-state index contributed by atoms with van der Waals surface area (Å²) in [6.45, 7) is 11.0. The fraction of sp³-hybridized carbons (Fsp3) is 1.00. The molecule has 1 saturated carbocycles. The van der Waals surface area contributed by atoms with Crippen molar-refractivity contribution in [3.05, 3.63) is 0 Å². The lowest BCUT2D eigenvalue weighted by atomic mass is 9.99. The maximum atomic E-state index is 5.33. The zero-order valence-corrected chi connectivity index (χ0v) is 10.1. The van der Waals surface area contributed by atoms with Crippen molar-refractivity contribution in [2.24, 2.45) is 5.92 Å². The van der Waals surface area contributed by atoms with Crippen molar-refractivity contribution in [3.8, 4) is 0 Å². The number of hydrogen-bond acceptors (Lipinski definition) is 3. The number of hydrogen-bond donors (Lipinski definition) is 1. The van der Waals surface area contributed by atoms with Crippen LogP contribution in [-0.2, 0) is 4.74 Å². The Labute approximate surface area is 93.2 Å². The molecular weight excluding hydrogens is 188 g/mol. The molecular formula is C12H24N2O. The van der Waals surface area contributed by atoms with Crippen LogP contribution in [0.4, 0.5) is 0 Å². The number of morpholine rings is 1. The van der Waals surface area contributed by atoms with Gasteiger partial charge in [0.2, 0.25) is 0 Å². The van der Waals surface area contributed by atoms with E-state index in [1.807, 2.05) is 0 Å². The third-order valence-electron chi connectivity index (χ3n) is 3.71. The first kappa shape index (κ1) is 11.4. The van der Waals surface area contributed by atoms with E-state index in [-0.39, 0.29) is 0 Å². The lowest BCUT2D eigenvalue weighted by Gasteiger charge is -2.30. The summed E-state index contributed by atoms with van der Waals surface area (Å²) in [4.78, 5) is 2.49. The summed E-state index contributed by atoms with van der Waals surface area (Å²) in [6.07, 6.45) is 2.83. The van der Waals surface area contributed by atoms with E-state index >= 15 is 0 Å². The maximum Gasteiger partial charge on any atom is 0.0594 e. The van der Waals surface area contributed by atoms with E-state index in [2.05, 4.69) is 24.1 Å². The van der Waals surface area contributed by atoms with Crippen LogP contribution in [0.2, 0.25) is 0 Å². The van der Waals surface area contributed by atoms with Crippen molar-refractivity contribution >= 4 is 0 Å². The van der Waals surface area contributed by atoms with Crippen molar-refractivity contribution < 1.29 is 4.74 Å². The molecule has 2 aliphatic rings. The van der Waals surface area contributed by atoms with Gasteiger partial charge in [-0.1, -0.05) is 0 Å². The van der Waals surface area contributed by atoms with Crippen LogP contribution in [0.5, 0.6) is 0 Å². The highest BCUT2D eigenvalue weighted by Gasteiger charge is 2.36. The van der Waals surface area contributed by atoms with E-state index in [4.69, 9.17) is 4.74 Å². The van der Waals surface area contributed by atoms with Gasteiger partial charge in [0, 0.05) is 31.7 Å². The lowest BCUT2D eigenvalue weighted by Crippen LogP contribution is -2.47. The predicted molar refractivity (Wildman–Crippen MR) is 62.1 cm³/mol. The second kappa shape index (κ2) is 4.81. The van der Waals surface area contributed by atoms with Gasteiger partial charge in [0.25, 0.3) is 0 Å². The fourth-order valence-electron chi connectivity index (χ4n) is 2.31.